The fourth-order valence-corrected chi connectivity index (χ4v) is 3.55. The molecule has 0 N–H and O–H groups in total. The number of carbonyl (C=O) groups excluding carboxylic acids is 4. The van der Waals surface area contributed by atoms with E-state index in [1.807, 2.05) is 0 Å². The summed E-state index contributed by atoms with van der Waals surface area (Å²) in [7, 11) is 0. The smallest absolute Gasteiger partial charge is 0.338 e. The normalized spacial score (nSPS) is 17.7. The Morgan fingerprint density at radius 1 is 0.743 bits per heavy atom. The van der Waals surface area contributed by atoms with Crippen molar-refractivity contribution in [3.05, 3.63) is 108 Å². The number of ether oxygens (including phenoxy) is 4. The fraction of sp³-hybridized carbons (Fsp3) is 0.185. The fourth-order valence-electron chi connectivity index (χ4n) is 3.55. The maximum absolute atomic E-state index is 12.7. The van der Waals surface area contributed by atoms with Crippen LogP contribution in [0.3, 0.4) is 0 Å². The van der Waals surface area contributed by atoms with Crippen molar-refractivity contribution in [2.45, 2.75) is 24.7 Å². The van der Waals surface area contributed by atoms with Gasteiger partial charge in [-0.2, -0.15) is 0 Å². The molecule has 0 aliphatic carbocycles. The lowest BCUT2D eigenvalue weighted by molar-refractivity contribution is -0.148. The zero-order chi connectivity index (χ0) is 24.6. The molecule has 35 heavy (non-hydrogen) atoms. The molecule has 0 radical (unpaired) electrons. The molecule has 0 aromatic heterocycles. The van der Waals surface area contributed by atoms with Crippen molar-refractivity contribution in [1.29, 1.82) is 0 Å². The van der Waals surface area contributed by atoms with Crippen LogP contribution < -0.4 is 0 Å². The molecule has 3 aromatic rings. The summed E-state index contributed by atoms with van der Waals surface area (Å²) < 4.78 is 21.8. The molecule has 3 aromatic carbocycles. The minimum absolute atomic E-state index is 0.227. The highest BCUT2D eigenvalue weighted by Gasteiger charge is 2.45. The Morgan fingerprint density at radius 2 is 1.23 bits per heavy atom. The molecular formula is C27H22O8. The molecular weight excluding hydrogens is 452 g/mol. The number of cyclic esters (lactones) is 1. The molecule has 1 aliphatic rings. The molecule has 8 nitrogen and oxygen atoms in total. The average molecular weight is 474 g/mol. The molecule has 0 spiro atoms. The monoisotopic (exact) mass is 474 g/mol. The van der Waals surface area contributed by atoms with Crippen molar-refractivity contribution < 1.29 is 38.1 Å². The maximum Gasteiger partial charge on any atom is 0.338 e. The summed E-state index contributed by atoms with van der Waals surface area (Å²) in [5.41, 5.74) is 0.851. The molecule has 1 fully saturated rings. The van der Waals surface area contributed by atoms with Crippen molar-refractivity contribution in [3.63, 3.8) is 0 Å². The van der Waals surface area contributed by atoms with Crippen molar-refractivity contribution in [3.8, 4) is 0 Å². The van der Waals surface area contributed by atoms with Gasteiger partial charge in [-0.05, 0) is 36.4 Å². The van der Waals surface area contributed by atoms with E-state index >= 15 is 0 Å². The van der Waals surface area contributed by atoms with E-state index < -0.39 is 48.8 Å². The van der Waals surface area contributed by atoms with Crippen LogP contribution in [0.1, 0.15) is 37.5 Å². The lowest BCUT2D eigenvalue weighted by Gasteiger charge is -2.26. The summed E-state index contributed by atoms with van der Waals surface area (Å²) >= 11 is 0. The van der Waals surface area contributed by atoms with Crippen molar-refractivity contribution in [2.75, 3.05) is 6.61 Å². The van der Waals surface area contributed by atoms with E-state index in [2.05, 4.69) is 0 Å². The molecule has 4 rings (SSSR count). The van der Waals surface area contributed by atoms with Gasteiger partial charge >= 0.3 is 23.9 Å². The maximum atomic E-state index is 12.7. The number of rotatable bonds is 8. The van der Waals surface area contributed by atoms with Gasteiger partial charge in [-0.1, -0.05) is 54.6 Å². The molecule has 0 amide bonds. The van der Waals surface area contributed by atoms with E-state index in [-0.39, 0.29) is 12.0 Å². The summed E-state index contributed by atoms with van der Waals surface area (Å²) in [5, 5.41) is 0. The predicted molar refractivity (Wildman–Crippen MR) is 123 cm³/mol. The van der Waals surface area contributed by atoms with Gasteiger partial charge in [0.05, 0.1) is 23.1 Å². The molecule has 1 heterocycles. The summed E-state index contributed by atoms with van der Waals surface area (Å²) in [6.07, 6.45) is -3.64. The second kappa shape index (κ2) is 11.1. The molecule has 8 heteroatoms. The molecule has 0 saturated carbocycles. The van der Waals surface area contributed by atoms with Crippen LogP contribution in [0.5, 0.6) is 0 Å². The van der Waals surface area contributed by atoms with Gasteiger partial charge in [0.1, 0.15) is 6.61 Å². The molecule has 178 valence electrons. The van der Waals surface area contributed by atoms with E-state index in [1.165, 1.54) is 0 Å². The van der Waals surface area contributed by atoms with Gasteiger partial charge in [0.25, 0.3) is 0 Å². The predicted octanol–water partition coefficient (Wildman–Crippen LogP) is 3.61. The second-order valence-electron chi connectivity index (χ2n) is 7.74. The Kier molecular flexibility index (Phi) is 7.52. The van der Waals surface area contributed by atoms with Gasteiger partial charge in [0.2, 0.25) is 0 Å². The molecule has 0 bridgehead atoms. The van der Waals surface area contributed by atoms with E-state index in [0.29, 0.717) is 11.1 Å². The number of hydrogen-bond acceptors (Lipinski definition) is 8. The lowest BCUT2D eigenvalue weighted by atomic mass is 10.1. The number of esters is 4. The van der Waals surface area contributed by atoms with Gasteiger partial charge < -0.3 is 18.9 Å². The summed E-state index contributed by atoms with van der Waals surface area (Å²) in [6.45, 7) is -0.413. The summed E-state index contributed by atoms with van der Waals surface area (Å²) in [4.78, 5) is 49.9. The second-order valence-corrected chi connectivity index (χ2v) is 7.74. The third-order valence-electron chi connectivity index (χ3n) is 5.29. The van der Waals surface area contributed by atoms with Gasteiger partial charge in [0, 0.05) is 0 Å². The molecule has 1 saturated heterocycles. The van der Waals surface area contributed by atoms with Crippen molar-refractivity contribution in [2.24, 2.45) is 0 Å². The first kappa shape index (κ1) is 23.7. The Bertz CT molecular complexity index is 1180. The van der Waals surface area contributed by atoms with Gasteiger partial charge in [-0.25, -0.2) is 14.4 Å². The zero-order valence-corrected chi connectivity index (χ0v) is 18.6. The van der Waals surface area contributed by atoms with Crippen molar-refractivity contribution in [1.82, 2.24) is 0 Å². The van der Waals surface area contributed by atoms with Crippen LogP contribution in [0.25, 0.3) is 0 Å². The van der Waals surface area contributed by atoms with Gasteiger partial charge in [-0.3, -0.25) is 4.79 Å². The van der Waals surface area contributed by atoms with E-state index in [1.54, 1.807) is 91.0 Å². The minimum Gasteiger partial charge on any atom is -0.458 e. The Hall–Kier alpha value is -4.46. The Morgan fingerprint density at radius 3 is 1.77 bits per heavy atom. The van der Waals surface area contributed by atoms with E-state index in [9.17, 15) is 19.2 Å². The van der Waals surface area contributed by atoms with Crippen molar-refractivity contribution >= 4 is 23.9 Å². The largest absolute Gasteiger partial charge is 0.458 e. The number of carbonyl (C=O) groups is 4. The highest BCUT2D eigenvalue weighted by molar-refractivity contribution is 5.91. The molecule has 0 unspecified atom stereocenters. The molecule has 1 aliphatic heterocycles. The minimum atomic E-state index is -1.21. The van der Waals surface area contributed by atoms with Gasteiger partial charge in [0.15, 0.2) is 18.3 Å². The van der Waals surface area contributed by atoms with Crippen LogP contribution in [0, 0.1) is 0 Å². The molecule has 3 atom stereocenters. The standard InChI is InChI=1S/C27H22O8/c28-23-16-21(33-26(30)19-12-6-2-7-13-19)24(35-23)22(34-27(31)20-14-8-3-9-15-20)17-32-25(29)18-10-4-1-5-11-18/h1-15,21-22,24H,16-17H2/t21-,22-,24-/m1/s1. The van der Waals surface area contributed by atoms with Crippen LogP contribution >= 0.6 is 0 Å². The van der Waals surface area contributed by atoms with Crippen LogP contribution in [0.4, 0.5) is 0 Å². The first-order valence-electron chi connectivity index (χ1n) is 10.9. The highest BCUT2D eigenvalue weighted by Crippen LogP contribution is 2.25. The zero-order valence-electron chi connectivity index (χ0n) is 18.6. The van der Waals surface area contributed by atoms with Gasteiger partial charge in [-0.15, -0.1) is 0 Å². The third kappa shape index (κ3) is 6.11. The van der Waals surface area contributed by atoms with E-state index in [0.717, 1.165) is 0 Å². The highest BCUT2D eigenvalue weighted by atomic mass is 16.6. The van der Waals surface area contributed by atoms with E-state index in [4.69, 9.17) is 18.9 Å². The van der Waals surface area contributed by atoms with Crippen LogP contribution in [-0.2, 0) is 23.7 Å². The van der Waals surface area contributed by atoms with Crippen LogP contribution in [-0.4, -0.2) is 48.8 Å². The Balaban J connectivity index is 1.52. The first-order valence-corrected chi connectivity index (χ1v) is 10.9. The SMILES string of the molecule is O=C1C[C@@H](OC(=O)c2ccccc2)[C@H]([C@@H](COC(=O)c2ccccc2)OC(=O)c2ccccc2)O1. The summed E-state index contributed by atoms with van der Waals surface area (Å²) in [5.74, 6) is -2.64. The third-order valence-corrected chi connectivity index (χ3v) is 5.29. The quantitative estimate of drug-likeness (QED) is 0.360. The number of hydrogen-bond donors (Lipinski definition) is 0. The first-order chi connectivity index (χ1) is 17.0. The van der Waals surface area contributed by atoms with Crippen LogP contribution in [0.15, 0.2) is 91.0 Å². The summed E-state index contributed by atoms with van der Waals surface area (Å²) in [6, 6.07) is 24.7. The average Bonchev–Trinajstić information content (AvgIpc) is 3.27. The topological polar surface area (TPSA) is 105 Å². The van der Waals surface area contributed by atoms with Crippen LogP contribution in [0.2, 0.25) is 0 Å². The Labute approximate surface area is 201 Å². The number of benzene rings is 3. The lowest BCUT2D eigenvalue weighted by Crippen LogP contribution is -2.43.